The van der Waals surface area contributed by atoms with Crippen molar-refractivity contribution in [3.63, 3.8) is 0 Å². The number of pyridine rings is 1. The number of hydrogen-bond acceptors (Lipinski definition) is 4. The zero-order valence-electron chi connectivity index (χ0n) is 14.7. The molecule has 8 nitrogen and oxygen atoms in total. The van der Waals surface area contributed by atoms with Gasteiger partial charge >= 0.3 is 12.2 Å². The van der Waals surface area contributed by atoms with Crippen LogP contribution in [0.3, 0.4) is 0 Å². The number of carbonyl (C=O) groups is 1. The maximum absolute atomic E-state index is 13.2. The molecule has 3 heterocycles. The maximum atomic E-state index is 13.2. The highest BCUT2D eigenvalue weighted by Crippen LogP contribution is 2.36. The van der Waals surface area contributed by atoms with Crippen LogP contribution in [-0.4, -0.2) is 37.1 Å². The number of nitrogens with one attached hydrogen (secondary N) is 2. The minimum Gasteiger partial charge on any atom is -0.345 e. The van der Waals surface area contributed by atoms with Gasteiger partial charge in [-0.25, -0.2) is 4.79 Å². The van der Waals surface area contributed by atoms with Crippen LogP contribution in [0, 0.1) is 0 Å². The summed E-state index contributed by atoms with van der Waals surface area (Å²) in [6, 6.07) is 2.60. The quantitative estimate of drug-likeness (QED) is 0.516. The van der Waals surface area contributed by atoms with E-state index in [0.29, 0.717) is 17.6 Å². The number of rotatable bonds is 2. The number of H-pyrrole nitrogens is 1. The third-order valence-corrected chi connectivity index (χ3v) is 4.61. The molecule has 1 amide bonds. The zero-order valence-corrected chi connectivity index (χ0v) is 15.5. The van der Waals surface area contributed by atoms with Crippen molar-refractivity contribution in [1.82, 2.24) is 29.9 Å². The molecule has 0 bridgehead atoms. The molecule has 0 saturated carbocycles. The Morgan fingerprint density at radius 1 is 1.34 bits per heavy atom. The van der Waals surface area contributed by atoms with Crippen molar-refractivity contribution in [2.45, 2.75) is 13.1 Å². The van der Waals surface area contributed by atoms with E-state index in [0.717, 1.165) is 21.5 Å². The van der Waals surface area contributed by atoms with Crippen molar-refractivity contribution >= 4 is 28.7 Å². The fraction of sp³-hybridized carbons (Fsp3) is 0.176. The molecule has 0 fully saturated rings. The normalized spacial score (nSPS) is 12.0. The average molecular weight is 425 g/mol. The van der Waals surface area contributed by atoms with Crippen molar-refractivity contribution in [3.05, 3.63) is 51.5 Å². The van der Waals surface area contributed by atoms with E-state index < -0.39 is 28.4 Å². The number of fused-ring (bicyclic) bond motifs is 3. The number of halogens is 4. The highest BCUT2D eigenvalue weighted by atomic mass is 35.5. The fourth-order valence-electron chi connectivity index (χ4n) is 2.96. The standard InChI is InChI=1S/C17H12ClF3N6O2/c1-2-22-16(29)27-14-9(7-24-27)13-10(6-23-14)15(28)26(25-13)8-3-4-12(18)11(5-8)17(19,20)21/h3-7,23H,2H2,1H3,(H,22,29). The van der Waals surface area contributed by atoms with Gasteiger partial charge in [-0.05, 0) is 25.1 Å². The molecule has 2 aliphatic rings. The van der Waals surface area contributed by atoms with Crippen LogP contribution in [0.15, 0.2) is 35.4 Å². The maximum Gasteiger partial charge on any atom is 0.417 e. The van der Waals surface area contributed by atoms with Gasteiger partial charge in [-0.2, -0.15) is 32.7 Å². The minimum atomic E-state index is -4.68. The first-order valence-electron chi connectivity index (χ1n) is 8.36. The molecule has 29 heavy (non-hydrogen) atoms. The lowest BCUT2D eigenvalue weighted by Crippen LogP contribution is -2.29. The molecule has 0 saturated heterocycles. The predicted molar refractivity (Wildman–Crippen MR) is 98.6 cm³/mol. The number of hydrogen-bond donors (Lipinski definition) is 2. The van der Waals surface area contributed by atoms with Crippen molar-refractivity contribution in [2.75, 3.05) is 6.54 Å². The third-order valence-electron chi connectivity index (χ3n) is 4.28. The van der Waals surface area contributed by atoms with Crippen LogP contribution in [0.1, 0.15) is 12.5 Å². The molecule has 2 aromatic rings. The molecule has 0 spiro atoms. The summed E-state index contributed by atoms with van der Waals surface area (Å²) in [6.45, 7) is 2.14. The van der Waals surface area contributed by atoms with Gasteiger partial charge in [0.05, 0.1) is 33.4 Å². The lowest BCUT2D eigenvalue weighted by molar-refractivity contribution is -0.137. The molecule has 0 aliphatic carbocycles. The Labute approximate surface area is 165 Å². The van der Waals surface area contributed by atoms with Gasteiger partial charge in [0.25, 0.3) is 5.56 Å². The molecular formula is C17H12ClF3N6O2. The van der Waals surface area contributed by atoms with Gasteiger partial charge < -0.3 is 10.3 Å². The monoisotopic (exact) mass is 424 g/mol. The van der Waals surface area contributed by atoms with E-state index in [-0.39, 0.29) is 16.9 Å². The lowest BCUT2D eigenvalue weighted by Gasteiger charge is -2.10. The number of carbonyl (C=O) groups excluding carboxylic acids is 1. The predicted octanol–water partition coefficient (Wildman–Crippen LogP) is 3.26. The van der Waals surface area contributed by atoms with Gasteiger partial charge in [-0.1, -0.05) is 11.6 Å². The summed E-state index contributed by atoms with van der Waals surface area (Å²) in [4.78, 5) is 27.6. The van der Waals surface area contributed by atoms with Crippen molar-refractivity contribution in [2.24, 2.45) is 0 Å². The van der Waals surface area contributed by atoms with Crippen LogP contribution in [0.5, 0.6) is 0 Å². The van der Waals surface area contributed by atoms with E-state index >= 15 is 0 Å². The van der Waals surface area contributed by atoms with Crippen molar-refractivity contribution in [1.29, 1.82) is 0 Å². The lowest BCUT2D eigenvalue weighted by atomic mass is 10.2. The third kappa shape index (κ3) is 3.03. The van der Waals surface area contributed by atoms with Gasteiger partial charge in [0.2, 0.25) is 0 Å². The second-order valence-corrected chi connectivity index (χ2v) is 6.49. The van der Waals surface area contributed by atoms with E-state index in [1.165, 1.54) is 18.5 Å². The van der Waals surface area contributed by atoms with Gasteiger partial charge in [-0.15, -0.1) is 0 Å². The highest BCUT2D eigenvalue weighted by molar-refractivity contribution is 6.31. The topological polar surface area (TPSA) is 97.6 Å². The van der Waals surface area contributed by atoms with Crippen LogP contribution in [0.2, 0.25) is 5.02 Å². The van der Waals surface area contributed by atoms with Crippen LogP contribution in [-0.2, 0) is 6.18 Å². The number of aromatic nitrogens is 5. The number of aromatic amines is 1. The first-order chi connectivity index (χ1) is 13.7. The van der Waals surface area contributed by atoms with Gasteiger partial charge in [0.1, 0.15) is 11.3 Å². The van der Waals surface area contributed by atoms with Crippen LogP contribution >= 0.6 is 11.6 Å². The van der Waals surface area contributed by atoms with Crippen molar-refractivity contribution in [3.8, 4) is 16.9 Å². The molecule has 12 heteroatoms. The van der Waals surface area contributed by atoms with E-state index in [1.807, 2.05) is 0 Å². The van der Waals surface area contributed by atoms with Crippen molar-refractivity contribution < 1.29 is 18.0 Å². The molecule has 4 rings (SSSR count). The second-order valence-electron chi connectivity index (χ2n) is 6.08. The van der Waals surface area contributed by atoms with Gasteiger partial charge in [-0.3, -0.25) is 4.79 Å². The number of amides is 1. The summed E-state index contributed by atoms with van der Waals surface area (Å²) < 4.78 is 41.4. The van der Waals surface area contributed by atoms with Crippen LogP contribution in [0.25, 0.3) is 28.0 Å². The summed E-state index contributed by atoms with van der Waals surface area (Å²) in [5.74, 6) is 0. The summed E-state index contributed by atoms with van der Waals surface area (Å²) in [6.07, 6.45) is -2.00. The van der Waals surface area contributed by atoms with Crippen LogP contribution in [0.4, 0.5) is 18.0 Å². The Balaban J connectivity index is 1.91. The average Bonchev–Trinajstić information content (AvgIpc) is 3.23. The van der Waals surface area contributed by atoms with E-state index in [4.69, 9.17) is 11.6 Å². The van der Waals surface area contributed by atoms with Gasteiger partial charge in [0.15, 0.2) is 0 Å². The summed E-state index contributed by atoms with van der Waals surface area (Å²) in [5, 5.41) is 10.6. The Kier molecular flexibility index (Phi) is 4.34. The number of nitrogens with zero attached hydrogens (tertiary/aromatic N) is 4. The molecule has 150 valence electrons. The zero-order chi connectivity index (χ0) is 20.9. The van der Waals surface area contributed by atoms with E-state index in [1.54, 1.807) is 6.92 Å². The second kappa shape index (κ2) is 6.62. The fourth-order valence-corrected chi connectivity index (χ4v) is 3.19. The SMILES string of the molecule is CCNC(=O)n1ncc2c3nn(-c4ccc(Cl)c(C(F)(F)F)c4)c(=O)c-3c[nH]c21. The molecule has 2 N–H and O–H groups in total. The summed E-state index contributed by atoms with van der Waals surface area (Å²) in [5.41, 5.74) is -1.16. The number of alkyl halides is 3. The van der Waals surface area contributed by atoms with E-state index in [2.05, 4.69) is 20.5 Å². The molecule has 0 unspecified atom stereocenters. The Hall–Kier alpha value is -3.34. The summed E-state index contributed by atoms with van der Waals surface area (Å²) >= 11 is 5.64. The first kappa shape index (κ1) is 19.0. The summed E-state index contributed by atoms with van der Waals surface area (Å²) in [7, 11) is 0. The minimum absolute atomic E-state index is 0.0906. The largest absolute Gasteiger partial charge is 0.417 e. The first-order valence-corrected chi connectivity index (χ1v) is 8.73. The Morgan fingerprint density at radius 3 is 2.79 bits per heavy atom. The highest BCUT2D eigenvalue weighted by Gasteiger charge is 2.34. The Morgan fingerprint density at radius 2 is 2.10 bits per heavy atom. The number of benzene rings is 1. The van der Waals surface area contributed by atoms with Crippen LogP contribution < -0.4 is 10.9 Å². The molecule has 1 aromatic carbocycles. The van der Waals surface area contributed by atoms with E-state index in [9.17, 15) is 22.8 Å². The Bertz CT molecular complexity index is 1270. The van der Waals surface area contributed by atoms with Gasteiger partial charge in [0, 0.05) is 12.7 Å². The molecule has 0 radical (unpaired) electrons. The molecule has 1 aromatic heterocycles. The molecule has 0 atom stereocenters. The smallest absolute Gasteiger partial charge is 0.345 e. The molecule has 2 aliphatic heterocycles. The molecular weight excluding hydrogens is 413 g/mol.